The van der Waals surface area contributed by atoms with Gasteiger partial charge in [0.2, 0.25) is 0 Å². The van der Waals surface area contributed by atoms with Crippen molar-refractivity contribution in [2.45, 2.75) is 110 Å². The van der Waals surface area contributed by atoms with Crippen molar-refractivity contribution in [2.24, 2.45) is 0 Å². The number of hydrogen-bond acceptors (Lipinski definition) is 3. The Kier molecular flexibility index (Phi) is 15.0. The summed E-state index contributed by atoms with van der Waals surface area (Å²) in [5.74, 6) is -1.23. The Bertz CT molecular complexity index is 542. The minimum atomic E-state index is -1.20. The van der Waals surface area contributed by atoms with E-state index in [2.05, 4.69) is 6.92 Å². The predicted molar refractivity (Wildman–Crippen MR) is 118 cm³/mol. The summed E-state index contributed by atoms with van der Waals surface area (Å²) in [4.78, 5) is 10.8. The van der Waals surface area contributed by atoms with E-state index in [4.69, 9.17) is 9.84 Å². The van der Waals surface area contributed by atoms with Gasteiger partial charge in [0.15, 0.2) is 0 Å². The smallest absolute Gasteiger partial charge is 0.335 e. The highest BCUT2D eigenvalue weighted by Gasteiger charge is 2.04. The van der Waals surface area contributed by atoms with Crippen molar-refractivity contribution in [3.63, 3.8) is 0 Å². The van der Waals surface area contributed by atoms with Crippen molar-refractivity contribution in [1.82, 2.24) is 0 Å². The summed E-state index contributed by atoms with van der Waals surface area (Å²) in [6.07, 6.45) is 21.3. The van der Waals surface area contributed by atoms with Gasteiger partial charge < -0.3 is 14.9 Å². The molecule has 29 heavy (non-hydrogen) atoms. The van der Waals surface area contributed by atoms with Crippen molar-refractivity contribution in [3.05, 3.63) is 23.8 Å². The monoisotopic (exact) mass is 405 g/mol. The van der Waals surface area contributed by atoms with E-state index in [9.17, 15) is 9.90 Å². The highest BCUT2D eigenvalue weighted by atomic mass is 16.5. The van der Waals surface area contributed by atoms with Gasteiger partial charge in [-0.1, -0.05) is 109 Å². The van der Waals surface area contributed by atoms with E-state index in [1.165, 1.54) is 102 Å². The lowest BCUT2D eigenvalue weighted by Gasteiger charge is -2.13. The third-order valence-corrected chi connectivity index (χ3v) is 5.45. The average molecular weight is 406 g/mol. The maximum Gasteiger partial charge on any atom is 0.335 e. The summed E-state index contributed by atoms with van der Waals surface area (Å²) in [6.45, 7) is 2.84. The van der Waals surface area contributed by atoms with Gasteiger partial charge in [-0.15, -0.1) is 0 Å². The lowest BCUT2D eigenvalue weighted by Crippen LogP contribution is -2.05. The first-order valence-electron chi connectivity index (χ1n) is 11.8. The molecule has 0 saturated heterocycles. The van der Waals surface area contributed by atoms with Crippen LogP contribution in [-0.4, -0.2) is 17.7 Å². The van der Waals surface area contributed by atoms with Crippen LogP contribution in [0, 0.1) is 0 Å². The van der Waals surface area contributed by atoms with E-state index < -0.39 is 11.7 Å². The van der Waals surface area contributed by atoms with Crippen LogP contribution in [0.5, 0.6) is 11.5 Å². The molecule has 0 atom stereocenters. The van der Waals surface area contributed by atoms with Gasteiger partial charge in [0.05, 0.1) is 12.2 Å². The van der Waals surface area contributed by atoms with Crippen LogP contribution < -0.4 is 9.84 Å². The molecule has 0 aliphatic rings. The maximum absolute atomic E-state index is 11.6. The summed E-state index contributed by atoms with van der Waals surface area (Å²) < 4.78 is 5.55. The molecule has 1 aromatic rings. The van der Waals surface area contributed by atoms with Gasteiger partial charge in [0, 0.05) is 0 Å². The summed E-state index contributed by atoms with van der Waals surface area (Å²) >= 11 is 0. The molecular formula is C25H41O4-. The fourth-order valence-corrected chi connectivity index (χ4v) is 3.61. The van der Waals surface area contributed by atoms with Gasteiger partial charge in [0.1, 0.15) is 5.75 Å². The molecule has 1 rings (SSSR count). The van der Waals surface area contributed by atoms with Crippen molar-refractivity contribution < 1.29 is 19.7 Å². The Morgan fingerprint density at radius 1 is 0.793 bits per heavy atom. The van der Waals surface area contributed by atoms with E-state index in [0.717, 1.165) is 12.8 Å². The number of rotatable bonds is 19. The molecule has 1 aromatic carbocycles. The van der Waals surface area contributed by atoms with Crippen LogP contribution in [0.4, 0.5) is 0 Å². The lowest BCUT2D eigenvalue weighted by atomic mass is 10.0. The van der Waals surface area contributed by atoms with Crippen LogP contribution >= 0.6 is 0 Å². The number of benzene rings is 1. The molecule has 0 bridgehead atoms. The molecule has 0 spiro atoms. The van der Waals surface area contributed by atoms with Crippen molar-refractivity contribution in [1.29, 1.82) is 0 Å². The van der Waals surface area contributed by atoms with Gasteiger partial charge in [-0.05, 0) is 24.6 Å². The van der Waals surface area contributed by atoms with Gasteiger partial charge in [-0.25, -0.2) is 4.79 Å². The van der Waals surface area contributed by atoms with E-state index in [1.54, 1.807) is 6.07 Å². The molecule has 166 valence electrons. The minimum Gasteiger partial charge on any atom is -0.872 e. The minimum absolute atomic E-state index is 0.209. The second-order valence-corrected chi connectivity index (χ2v) is 8.11. The third-order valence-electron chi connectivity index (χ3n) is 5.45. The molecule has 0 aliphatic carbocycles. The van der Waals surface area contributed by atoms with Gasteiger partial charge in [0.25, 0.3) is 0 Å². The summed E-state index contributed by atoms with van der Waals surface area (Å²) in [5, 5.41) is 20.5. The number of unbranched alkanes of at least 4 members (excludes halogenated alkanes) is 15. The SMILES string of the molecule is CCCCCCCCCCCCCCCCCCOc1ccc(C(=O)O)c([O-])c1. The van der Waals surface area contributed by atoms with Crippen LogP contribution in [0.15, 0.2) is 18.2 Å². The first-order valence-corrected chi connectivity index (χ1v) is 11.8. The average Bonchev–Trinajstić information content (AvgIpc) is 2.70. The fourth-order valence-electron chi connectivity index (χ4n) is 3.61. The Hall–Kier alpha value is -1.71. The first-order chi connectivity index (χ1) is 14.1. The molecule has 1 N–H and O–H groups in total. The van der Waals surface area contributed by atoms with E-state index in [1.807, 2.05) is 0 Å². The van der Waals surface area contributed by atoms with E-state index in [-0.39, 0.29) is 5.56 Å². The molecule has 0 amide bonds. The zero-order chi connectivity index (χ0) is 21.2. The molecule has 0 radical (unpaired) electrons. The molecule has 0 fully saturated rings. The molecule has 0 saturated carbocycles. The normalized spacial score (nSPS) is 10.9. The Balaban J connectivity index is 1.85. The number of carboxylic acid groups (broad SMARTS) is 1. The number of hydrogen-bond donors (Lipinski definition) is 1. The number of carbonyl (C=O) groups is 1. The Morgan fingerprint density at radius 3 is 1.66 bits per heavy atom. The maximum atomic E-state index is 11.6. The van der Waals surface area contributed by atoms with E-state index >= 15 is 0 Å². The molecule has 4 nitrogen and oxygen atoms in total. The lowest BCUT2D eigenvalue weighted by molar-refractivity contribution is -0.268. The molecule has 0 aromatic heterocycles. The van der Waals surface area contributed by atoms with Crippen LogP contribution in [0.1, 0.15) is 120 Å². The van der Waals surface area contributed by atoms with Crippen LogP contribution in [-0.2, 0) is 0 Å². The number of carboxylic acids is 1. The van der Waals surface area contributed by atoms with Gasteiger partial charge in [-0.3, -0.25) is 0 Å². The molecule has 0 heterocycles. The standard InChI is InChI=1S/C25H42O4/c1-2-3-4-5-6-7-8-9-10-11-12-13-14-15-16-17-20-29-22-18-19-23(25(27)28)24(26)21-22/h18-19,21,26H,2-17,20H2,1H3,(H,27,28)/p-1. The van der Waals surface area contributed by atoms with Crippen LogP contribution in [0.2, 0.25) is 0 Å². The van der Waals surface area contributed by atoms with Crippen molar-refractivity contribution in [2.75, 3.05) is 6.61 Å². The van der Waals surface area contributed by atoms with Crippen LogP contribution in [0.3, 0.4) is 0 Å². The van der Waals surface area contributed by atoms with E-state index in [0.29, 0.717) is 12.4 Å². The van der Waals surface area contributed by atoms with Crippen molar-refractivity contribution in [3.8, 4) is 11.5 Å². The first kappa shape index (κ1) is 25.3. The fraction of sp³-hybridized carbons (Fsp3) is 0.720. The molecule has 0 aliphatic heterocycles. The predicted octanol–water partition coefficient (Wildman–Crippen LogP) is 7.10. The molecule has 4 heteroatoms. The Labute approximate surface area is 177 Å². The summed E-state index contributed by atoms with van der Waals surface area (Å²) in [5.41, 5.74) is -0.209. The largest absolute Gasteiger partial charge is 0.872 e. The number of aromatic carboxylic acids is 1. The zero-order valence-corrected chi connectivity index (χ0v) is 18.4. The second-order valence-electron chi connectivity index (χ2n) is 8.11. The highest BCUT2D eigenvalue weighted by molar-refractivity contribution is 5.90. The second kappa shape index (κ2) is 17.2. The quantitative estimate of drug-likeness (QED) is 0.249. The third kappa shape index (κ3) is 13.2. The van der Waals surface area contributed by atoms with Gasteiger partial charge >= 0.3 is 5.97 Å². The molecular weight excluding hydrogens is 364 g/mol. The van der Waals surface area contributed by atoms with Crippen molar-refractivity contribution >= 4 is 5.97 Å². The summed E-state index contributed by atoms with van der Waals surface area (Å²) in [6, 6.07) is 4.13. The summed E-state index contributed by atoms with van der Waals surface area (Å²) in [7, 11) is 0. The Morgan fingerprint density at radius 2 is 1.24 bits per heavy atom. The number of ether oxygens (including phenoxy) is 1. The van der Waals surface area contributed by atoms with Gasteiger partial charge in [-0.2, -0.15) is 0 Å². The topological polar surface area (TPSA) is 69.6 Å². The van der Waals surface area contributed by atoms with Crippen LogP contribution in [0.25, 0.3) is 0 Å². The highest BCUT2D eigenvalue weighted by Crippen LogP contribution is 2.21. The molecule has 0 unspecified atom stereocenters. The zero-order valence-electron chi connectivity index (χ0n) is 18.4.